The highest BCUT2D eigenvalue weighted by molar-refractivity contribution is 5.95. The van der Waals surface area contributed by atoms with Crippen molar-refractivity contribution in [1.82, 2.24) is 0 Å². The van der Waals surface area contributed by atoms with E-state index in [9.17, 15) is 4.79 Å². The maximum Gasteiger partial charge on any atom is 0.162 e. The number of rotatable bonds is 7. The maximum atomic E-state index is 11.9. The van der Waals surface area contributed by atoms with Crippen LogP contribution in [0.3, 0.4) is 0 Å². The second-order valence-electron chi connectivity index (χ2n) is 4.41. The third-order valence-corrected chi connectivity index (χ3v) is 3.16. The van der Waals surface area contributed by atoms with Crippen molar-refractivity contribution in [1.29, 1.82) is 0 Å². The summed E-state index contributed by atoms with van der Waals surface area (Å²) in [7, 11) is 0. The highest BCUT2D eigenvalue weighted by Gasteiger charge is 2.09. The quantitative estimate of drug-likeness (QED) is 0.492. The van der Waals surface area contributed by atoms with Gasteiger partial charge in [0, 0.05) is 12.0 Å². The van der Waals surface area contributed by atoms with E-state index in [1.165, 1.54) is 0 Å². The molecule has 0 heterocycles. The van der Waals surface area contributed by atoms with Crippen molar-refractivity contribution in [2.45, 2.75) is 39.5 Å². The Morgan fingerprint density at radius 2 is 2.00 bits per heavy atom. The third kappa shape index (κ3) is 4.99. The first kappa shape index (κ1) is 13.7. The second-order valence-corrected chi connectivity index (χ2v) is 4.41. The van der Waals surface area contributed by atoms with Gasteiger partial charge < -0.3 is 0 Å². The van der Waals surface area contributed by atoms with Gasteiger partial charge in [0.25, 0.3) is 0 Å². The minimum absolute atomic E-state index is 0.268. The van der Waals surface area contributed by atoms with Gasteiger partial charge in [-0.3, -0.25) is 4.79 Å². The van der Waals surface area contributed by atoms with Gasteiger partial charge in [-0.15, -0.1) is 0 Å². The van der Waals surface area contributed by atoms with Crippen molar-refractivity contribution < 1.29 is 4.79 Å². The van der Waals surface area contributed by atoms with E-state index in [1.54, 1.807) is 0 Å². The first-order chi connectivity index (χ1) is 8.27. The van der Waals surface area contributed by atoms with Crippen molar-refractivity contribution in [3.63, 3.8) is 0 Å². The topological polar surface area (TPSA) is 17.1 Å². The van der Waals surface area contributed by atoms with E-state index in [1.807, 2.05) is 37.3 Å². The molecular weight excluding hydrogens is 208 g/mol. The van der Waals surface area contributed by atoms with Crippen LogP contribution >= 0.6 is 0 Å². The molecule has 0 saturated heterocycles. The lowest BCUT2D eigenvalue weighted by Crippen LogP contribution is -2.04. The van der Waals surface area contributed by atoms with Gasteiger partial charge in [0.1, 0.15) is 0 Å². The van der Waals surface area contributed by atoms with Crippen LogP contribution in [-0.2, 0) is 0 Å². The van der Waals surface area contributed by atoms with E-state index < -0.39 is 0 Å². The third-order valence-electron chi connectivity index (χ3n) is 3.16. The Balaban J connectivity index is 2.41. The Bertz CT molecular complexity index is 351. The molecule has 1 aromatic rings. The summed E-state index contributed by atoms with van der Waals surface area (Å²) in [5.74, 6) is 0.906. The monoisotopic (exact) mass is 230 g/mol. The number of hydrogen-bond donors (Lipinski definition) is 0. The molecule has 0 N–H and O–H groups in total. The smallest absolute Gasteiger partial charge is 0.162 e. The number of carbonyl (C=O) groups is 1. The molecule has 17 heavy (non-hydrogen) atoms. The summed E-state index contributed by atoms with van der Waals surface area (Å²) < 4.78 is 0. The lowest BCUT2D eigenvalue weighted by Gasteiger charge is -2.11. The van der Waals surface area contributed by atoms with Crippen LogP contribution in [0.25, 0.3) is 0 Å². The van der Waals surface area contributed by atoms with Gasteiger partial charge >= 0.3 is 0 Å². The number of hydrogen-bond acceptors (Lipinski definition) is 1. The van der Waals surface area contributed by atoms with Gasteiger partial charge in [0.15, 0.2) is 5.78 Å². The van der Waals surface area contributed by atoms with E-state index in [0.717, 1.165) is 24.8 Å². The van der Waals surface area contributed by atoms with Gasteiger partial charge in [-0.25, -0.2) is 0 Å². The molecule has 0 saturated carbocycles. The number of Topliss-reactive ketones (excluding diaryl/α,β-unsaturated/α-hetero) is 1. The van der Waals surface area contributed by atoms with Crippen molar-refractivity contribution in [2.75, 3.05) is 0 Å². The van der Waals surface area contributed by atoms with Gasteiger partial charge in [0.05, 0.1) is 0 Å². The summed E-state index contributed by atoms with van der Waals surface area (Å²) in [4.78, 5) is 11.9. The van der Waals surface area contributed by atoms with Crippen LogP contribution in [0.4, 0.5) is 0 Å². The maximum absolute atomic E-state index is 11.9. The average molecular weight is 230 g/mol. The number of ketones is 1. The lowest BCUT2D eigenvalue weighted by molar-refractivity contribution is 0.0973. The fourth-order valence-corrected chi connectivity index (χ4v) is 1.92. The molecule has 0 aliphatic rings. The van der Waals surface area contributed by atoms with Crippen molar-refractivity contribution in [2.24, 2.45) is 5.92 Å². The van der Waals surface area contributed by atoms with Gasteiger partial charge in [-0.1, -0.05) is 55.8 Å². The zero-order valence-corrected chi connectivity index (χ0v) is 10.9. The van der Waals surface area contributed by atoms with Crippen molar-refractivity contribution >= 4 is 5.78 Å². The Morgan fingerprint density at radius 3 is 2.59 bits per heavy atom. The lowest BCUT2D eigenvalue weighted by atomic mass is 9.94. The van der Waals surface area contributed by atoms with Crippen LogP contribution in [0.5, 0.6) is 0 Å². The minimum Gasteiger partial charge on any atom is -0.294 e. The van der Waals surface area contributed by atoms with Crippen LogP contribution in [0.2, 0.25) is 0 Å². The standard InChI is InChI=1S/C16H22O/c1-3-5-9-14(4-2)12-13-16(17)15-10-7-6-8-11-15/h3,5-8,10-11,14H,4,9,12-13H2,1-2H3/b5-3-. The summed E-state index contributed by atoms with van der Waals surface area (Å²) in [6.07, 6.45) is 8.18. The first-order valence-corrected chi connectivity index (χ1v) is 6.47. The number of carbonyl (C=O) groups excluding carboxylic acids is 1. The fourth-order valence-electron chi connectivity index (χ4n) is 1.92. The molecule has 0 aliphatic heterocycles. The fraction of sp³-hybridized carbons (Fsp3) is 0.438. The molecule has 92 valence electrons. The van der Waals surface area contributed by atoms with Crippen LogP contribution in [-0.4, -0.2) is 5.78 Å². The van der Waals surface area contributed by atoms with Crippen LogP contribution in [0.1, 0.15) is 49.9 Å². The molecule has 0 spiro atoms. The minimum atomic E-state index is 0.268. The predicted molar refractivity (Wildman–Crippen MR) is 73.2 cm³/mol. The summed E-state index contributed by atoms with van der Waals surface area (Å²) in [6.45, 7) is 4.24. The van der Waals surface area contributed by atoms with E-state index >= 15 is 0 Å². The molecule has 1 atom stereocenters. The number of benzene rings is 1. The molecule has 1 rings (SSSR count). The molecule has 0 amide bonds. The van der Waals surface area contributed by atoms with Gasteiger partial charge in [-0.2, -0.15) is 0 Å². The molecule has 1 nitrogen and oxygen atoms in total. The Hall–Kier alpha value is -1.37. The van der Waals surface area contributed by atoms with Crippen molar-refractivity contribution in [3.8, 4) is 0 Å². The van der Waals surface area contributed by atoms with Gasteiger partial charge in [-0.05, 0) is 25.7 Å². The Morgan fingerprint density at radius 1 is 1.29 bits per heavy atom. The van der Waals surface area contributed by atoms with Crippen LogP contribution in [0.15, 0.2) is 42.5 Å². The molecule has 0 fully saturated rings. The zero-order chi connectivity index (χ0) is 12.5. The molecule has 1 aromatic carbocycles. The highest BCUT2D eigenvalue weighted by atomic mass is 16.1. The Kier molecular flexibility index (Phi) is 6.31. The van der Waals surface area contributed by atoms with E-state index in [4.69, 9.17) is 0 Å². The molecule has 0 aromatic heterocycles. The van der Waals surface area contributed by atoms with Crippen molar-refractivity contribution in [3.05, 3.63) is 48.0 Å². The zero-order valence-electron chi connectivity index (χ0n) is 10.9. The molecule has 1 heteroatoms. The van der Waals surface area contributed by atoms with Crippen LogP contribution < -0.4 is 0 Å². The van der Waals surface area contributed by atoms with Gasteiger partial charge in [0.2, 0.25) is 0 Å². The van der Waals surface area contributed by atoms with Crippen LogP contribution in [0, 0.1) is 5.92 Å². The first-order valence-electron chi connectivity index (χ1n) is 6.47. The normalized spacial score (nSPS) is 12.8. The largest absolute Gasteiger partial charge is 0.294 e. The molecule has 0 aliphatic carbocycles. The SMILES string of the molecule is C/C=C\CC(CC)CCC(=O)c1ccccc1. The Labute approximate surface area is 105 Å². The number of allylic oxidation sites excluding steroid dienone is 2. The summed E-state index contributed by atoms with van der Waals surface area (Å²) in [5.41, 5.74) is 0.841. The second kappa shape index (κ2) is 7.83. The molecule has 0 radical (unpaired) electrons. The summed E-state index contributed by atoms with van der Waals surface area (Å²) >= 11 is 0. The molecular formula is C16H22O. The van der Waals surface area contributed by atoms with E-state index in [0.29, 0.717) is 12.3 Å². The summed E-state index contributed by atoms with van der Waals surface area (Å²) in [5, 5.41) is 0. The van der Waals surface area contributed by atoms with E-state index in [-0.39, 0.29) is 5.78 Å². The summed E-state index contributed by atoms with van der Waals surface area (Å²) in [6, 6.07) is 9.58. The van der Waals surface area contributed by atoms with E-state index in [2.05, 4.69) is 19.1 Å². The highest BCUT2D eigenvalue weighted by Crippen LogP contribution is 2.17. The average Bonchev–Trinajstić information content (AvgIpc) is 2.39. The predicted octanol–water partition coefficient (Wildman–Crippen LogP) is 4.64. The molecule has 1 unspecified atom stereocenters. The molecule has 0 bridgehead atoms.